The molecular formula is C10H11ClN2O. The minimum absolute atomic E-state index is 0. The van der Waals surface area contributed by atoms with Crippen LogP contribution in [-0.2, 0) is 11.2 Å². The molecule has 0 aliphatic heterocycles. The molecule has 1 aromatic heterocycles. The zero-order valence-corrected chi connectivity index (χ0v) is 8.62. The summed E-state index contributed by atoms with van der Waals surface area (Å²) >= 11 is 0. The standard InChI is InChI=1S/C10H10N2O.ClH/c1-2-10-11-8-5-3-4-6-9(8)12(10)7-13;/h3-7H,2H2,1H3;1H. The Labute approximate surface area is 88.2 Å². The normalized spacial score (nSPS) is 9.79. The Morgan fingerprint density at radius 3 is 2.79 bits per heavy atom. The number of aryl methyl sites for hydroxylation is 1. The summed E-state index contributed by atoms with van der Waals surface area (Å²) in [6, 6.07) is 7.64. The van der Waals surface area contributed by atoms with Crippen molar-refractivity contribution in [2.75, 3.05) is 0 Å². The molecule has 0 unspecified atom stereocenters. The predicted octanol–water partition coefficient (Wildman–Crippen LogP) is 2.06. The third-order valence-electron chi connectivity index (χ3n) is 2.09. The summed E-state index contributed by atoms with van der Waals surface area (Å²) in [6.45, 7) is 1.99. The smallest absolute Gasteiger partial charge is 0.219 e. The van der Waals surface area contributed by atoms with Gasteiger partial charge in [0.15, 0.2) is 0 Å². The highest BCUT2D eigenvalue weighted by Gasteiger charge is 2.06. The zero-order valence-electron chi connectivity index (χ0n) is 7.80. The lowest BCUT2D eigenvalue weighted by molar-refractivity contribution is 0.546. The van der Waals surface area contributed by atoms with Crippen LogP contribution in [0.15, 0.2) is 24.3 Å². The van der Waals surface area contributed by atoms with E-state index in [0.717, 1.165) is 29.7 Å². The molecule has 0 N–H and O–H groups in total. The number of carbonyl (C=O) groups is 1. The van der Waals surface area contributed by atoms with Crippen molar-refractivity contribution in [3.8, 4) is 0 Å². The topological polar surface area (TPSA) is 34.9 Å². The van der Waals surface area contributed by atoms with Crippen molar-refractivity contribution in [2.24, 2.45) is 0 Å². The van der Waals surface area contributed by atoms with Crippen LogP contribution in [0.4, 0.5) is 0 Å². The second-order valence-corrected chi connectivity index (χ2v) is 2.85. The zero-order chi connectivity index (χ0) is 9.26. The highest BCUT2D eigenvalue weighted by molar-refractivity contribution is 5.85. The van der Waals surface area contributed by atoms with E-state index >= 15 is 0 Å². The summed E-state index contributed by atoms with van der Waals surface area (Å²) < 4.78 is 1.59. The van der Waals surface area contributed by atoms with Gasteiger partial charge < -0.3 is 0 Å². The molecule has 1 aromatic carbocycles. The van der Waals surface area contributed by atoms with E-state index in [1.165, 1.54) is 0 Å². The van der Waals surface area contributed by atoms with Gasteiger partial charge in [-0.3, -0.25) is 9.36 Å². The van der Waals surface area contributed by atoms with Gasteiger partial charge in [-0.2, -0.15) is 0 Å². The number of carbonyl (C=O) groups excluding carboxylic acids is 1. The molecule has 0 aliphatic rings. The molecule has 0 saturated heterocycles. The number of halogens is 1. The minimum atomic E-state index is 0. The van der Waals surface area contributed by atoms with E-state index in [1.807, 2.05) is 31.2 Å². The Kier molecular flexibility index (Phi) is 3.25. The number of hydrogen-bond acceptors (Lipinski definition) is 2. The van der Waals surface area contributed by atoms with Crippen LogP contribution in [0.25, 0.3) is 11.0 Å². The third kappa shape index (κ3) is 1.51. The van der Waals surface area contributed by atoms with E-state index in [1.54, 1.807) is 4.57 Å². The van der Waals surface area contributed by atoms with Gasteiger partial charge in [0, 0.05) is 6.42 Å². The molecule has 0 amide bonds. The van der Waals surface area contributed by atoms with Gasteiger partial charge in [-0.25, -0.2) is 4.98 Å². The summed E-state index contributed by atoms with van der Waals surface area (Å²) in [5, 5.41) is 0. The number of rotatable bonds is 2. The van der Waals surface area contributed by atoms with Gasteiger partial charge in [-0.1, -0.05) is 19.1 Å². The summed E-state index contributed by atoms with van der Waals surface area (Å²) in [5.41, 5.74) is 1.76. The molecule has 0 aliphatic carbocycles. The molecular weight excluding hydrogens is 200 g/mol. The fraction of sp³-hybridized carbons (Fsp3) is 0.200. The molecule has 0 saturated carbocycles. The Hall–Kier alpha value is -1.35. The number of para-hydroxylation sites is 2. The maximum atomic E-state index is 10.8. The van der Waals surface area contributed by atoms with E-state index in [0.29, 0.717) is 0 Å². The first-order valence-corrected chi connectivity index (χ1v) is 4.28. The SMILES string of the molecule is CCc1nc2ccccc2n1C=O.Cl. The Morgan fingerprint density at radius 1 is 1.43 bits per heavy atom. The number of hydrogen-bond donors (Lipinski definition) is 0. The first-order chi connectivity index (χ1) is 6.36. The number of imidazole rings is 1. The predicted molar refractivity (Wildman–Crippen MR) is 58.5 cm³/mol. The molecule has 0 fully saturated rings. The molecule has 3 nitrogen and oxygen atoms in total. The summed E-state index contributed by atoms with van der Waals surface area (Å²) in [5.74, 6) is 0.816. The van der Waals surface area contributed by atoms with Crippen LogP contribution < -0.4 is 0 Å². The fourth-order valence-corrected chi connectivity index (χ4v) is 1.46. The molecule has 2 aromatic rings. The second kappa shape index (κ2) is 4.24. The first kappa shape index (κ1) is 10.7. The lowest BCUT2D eigenvalue weighted by Crippen LogP contribution is -1.99. The number of aromatic nitrogens is 2. The maximum Gasteiger partial charge on any atom is 0.219 e. The average molecular weight is 211 g/mol. The van der Waals surface area contributed by atoms with Crippen LogP contribution in [0.1, 0.15) is 12.7 Å². The molecule has 1 heterocycles. The maximum absolute atomic E-state index is 10.8. The summed E-state index contributed by atoms with van der Waals surface area (Å²) in [4.78, 5) is 15.1. The molecule has 0 spiro atoms. The van der Waals surface area contributed by atoms with Crippen molar-refractivity contribution in [3.05, 3.63) is 30.1 Å². The number of nitrogens with zero attached hydrogens (tertiary/aromatic N) is 2. The van der Waals surface area contributed by atoms with Gasteiger partial charge in [-0.05, 0) is 12.1 Å². The van der Waals surface area contributed by atoms with Crippen molar-refractivity contribution in [2.45, 2.75) is 13.3 Å². The van der Waals surface area contributed by atoms with Crippen LogP contribution >= 0.6 is 12.4 Å². The molecule has 2 rings (SSSR count). The Morgan fingerprint density at radius 2 is 2.14 bits per heavy atom. The summed E-state index contributed by atoms with van der Waals surface area (Å²) in [6.07, 6.45) is 1.58. The lowest BCUT2D eigenvalue weighted by Gasteiger charge is -1.95. The van der Waals surface area contributed by atoms with E-state index in [9.17, 15) is 4.79 Å². The highest BCUT2D eigenvalue weighted by Crippen LogP contribution is 2.14. The van der Waals surface area contributed by atoms with Gasteiger partial charge in [0.25, 0.3) is 0 Å². The molecule has 0 atom stereocenters. The van der Waals surface area contributed by atoms with Gasteiger partial charge in [-0.15, -0.1) is 12.4 Å². The van der Waals surface area contributed by atoms with E-state index in [-0.39, 0.29) is 12.4 Å². The monoisotopic (exact) mass is 210 g/mol. The van der Waals surface area contributed by atoms with Crippen molar-refractivity contribution in [1.29, 1.82) is 0 Å². The second-order valence-electron chi connectivity index (χ2n) is 2.85. The van der Waals surface area contributed by atoms with Gasteiger partial charge in [0.05, 0.1) is 11.0 Å². The van der Waals surface area contributed by atoms with Crippen molar-refractivity contribution in [3.63, 3.8) is 0 Å². The fourth-order valence-electron chi connectivity index (χ4n) is 1.46. The summed E-state index contributed by atoms with van der Waals surface area (Å²) in [7, 11) is 0. The van der Waals surface area contributed by atoms with Crippen LogP contribution in [0, 0.1) is 0 Å². The molecule has 14 heavy (non-hydrogen) atoms. The molecule has 74 valence electrons. The van der Waals surface area contributed by atoms with Gasteiger partial charge in [0.2, 0.25) is 6.41 Å². The van der Waals surface area contributed by atoms with E-state index in [4.69, 9.17) is 0 Å². The largest absolute Gasteiger partial charge is 0.278 e. The van der Waals surface area contributed by atoms with Crippen molar-refractivity contribution >= 4 is 29.9 Å². The van der Waals surface area contributed by atoms with E-state index in [2.05, 4.69) is 4.98 Å². The van der Waals surface area contributed by atoms with Crippen LogP contribution in [-0.4, -0.2) is 16.0 Å². The highest BCUT2D eigenvalue weighted by atomic mass is 35.5. The molecule has 0 radical (unpaired) electrons. The van der Waals surface area contributed by atoms with Crippen LogP contribution in [0.5, 0.6) is 0 Å². The molecule has 4 heteroatoms. The average Bonchev–Trinajstić information content (AvgIpc) is 2.55. The quantitative estimate of drug-likeness (QED) is 0.712. The van der Waals surface area contributed by atoms with Crippen LogP contribution in [0.2, 0.25) is 0 Å². The Bertz CT molecular complexity index is 450. The lowest BCUT2D eigenvalue weighted by atomic mass is 10.3. The first-order valence-electron chi connectivity index (χ1n) is 4.28. The molecule has 0 bridgehead atoms. The van der Waals surface area contributed by atoms with Gasteiger partial charge >= 0.3 is 0 Å². The van der Waals surface area contributed by atoms with Crippen molar-refractivity contribution < 1.29 is 4.79 Å². The Balaban J connectivity index is 0.000000980. The third-order valence-corrected chi connectivity index (χ3v) is 2.09. The minimum Gasteiger partial charge on any atom is -0.278 e. The van der Waals surface area contributed by atoms with Gasteiger partial charge in [0.1, 0.15) is 5.82 Å². The van der Waals surface area contributed by atoms with Crippen molar-refractivity contribution in [1.82, 2.24) is 9.55 Å². The van der Waals surface area contributed by atoms with E-state index < -0.39 is 0 Å². The van der Waals surface area contributed by atoms with Crippen LogP contribution in [0.3, 0.4) is 0 Å². The number of benzene rings is 1. The number of fused-ring (bicyclic) bond motifs is 1.